The predicted molar refractivity (Wildman–Crippen MR) is 81.3 cm³/mol. The van der Waals surface area contributed by atoms with E-state index in [-0.39, 0.29) is 16.9 Å². The molecule has 1 atom stereocenters. The molecule has 2 aromatic rings. The van der Waals surface area contributed by atoms with E-state index in [1.165, 1.54) is 24.0 Å². The lowest BCUT2D eigenvalue weighted by Gasteiger charge is -2.30. The van der Waals surface area contributed by atoms with E-state index < -0.39 is 22.3 Å². The summed E-state index contributed by atoms with van der Waals surface area (Å²) in [6.07, 6.45) is 0.989. The molecule has 1 aromatic carbocycles. The van der Waals surface area contributed by atoms with E-state index >= 15 is 0 Å². The number of aromatic amines is 1. The first-order chi connectivity index (χ1) is 10.8. The van der Waals surface area contributed by atoms with Crippen LogP contribution in [0.4, 0.5) is 5.69 Å². The largest absolute Gasteiger partial charge is 0.480 e. The summed E-state index contributed by atoms with van der Waals surface area (Å²) in [4.78, 5) is 38.8. The van der Waals surface area contributed by atoms with Crippen molar-refractivity contribution in [2.24, 2.45) is 0 Å². The maximum absolute atomic E-state index is 12.7. The van der Waals surface area contributed by atoms with Gasteiger partial charge in [-0.05, 0) is 25.8 Å². The highest BCUT2D eigenvalue weighted by molar-refractivity contribution is 6.02. The van der Waals surface area contributed by atoms with Crippen LogP contribution in [0, 0.1) is 10.1 Å². The molecule has 1 amide bonds. The Kier molecular flexibility index (Phi) is 3.32. The number of non-ortho nitro benzene ring substituents is 1. The minimum absolute atomic E-state index is 0.121. The number of hydrogen-bond donors (Lipinski definition) is 2. The van der Waals surface area contributed by atoms with Crippen molar-refractivity contribution in [3.05, 3.63) is 40.1 Å². The van der Waals surface area contributed by atoms with Crippen molar-refractivity contribution in [2.75, 3.05) is 6.54 Å². The minimum atomic E-state index is -1.25. The number of aromatic nitrogens is 1. The van der Waals surface area contributed by atoms with Crippen molar-refractivity contribution in [3.8, 4) is 0 Å². The average Bonchev–Trinajstić information content (AvgIpc) is 3.10. The number of fused-ring (bicyclic) bond motifs is 1. The van der Waals surface area contributed by atoms with Crippen molar-refractivity contribution >= 4 is 28.5 Å². The van der Waals surface area contributed by atoms with Gasteiger partial charge in [-0.3, -0.25) is 14.9 Å². The average molecular weight is 317 g/mol. The number of carbonyl (C=O) groups excluding carboxylic acids is 1. The lowest BCUT2D eigenvalue weighted by Crippen LogP contribution is -2.50. The van der Waals surface area contributed by atoms with Crippen molar-refractivity contribution in [1.82, 2.24) is 9.88 Å². The SMILES string of the molecule is CC1(C(=O)O)CCCN1C(=O)c1cc2cccc([N+](=O)[O-])c2[nH]1. The number of carboxylic acid groups (broad SMARTS) is 1. The van der Waals surface area contributed by atoms with Crippen LogP contribution < -0.4 is 0 Å². The van der Waals surface area contributed by atoms with Crippen LogP contribution >= 0.6 is 0 Å². The Hall–Kier alpha value is -2.90. The number of carbonyl (C=O) groups is 2. The third-order valence-electron chi connectivity index (χ3n) is 4.41. The molecule has 1 aromatic heterocycles. The van der Waals surface area contributed by atoms with Crippen molar-refractivity contribution < 1.29 is 19.6 Å². The van der Waals surface area contributed by atoms with Gasteiger partial charge in [0.2, 0.25) is 0 Å². The molecule has 1 aliphatic rings. The molecular weight excluding hydrogens is 302 g/mol. The number of likely N-dealkylation sites (tertiary alicyclic amines) is 1. The molecule has 8 heteroatoms. The molecule has 1 saturated heterocycles. The number of nitrogens with zero attached hydrogens (tertiary/aromatic N) is 2. The maximum atomic E-state index is 12.7. The molecule has 0 bridgehead atoms. The third kappa shape index (κ3) is 2.23. The van der Waals surface area contributed by atoms with E-state index in [0.717, 1.165) is 0 Å². The fourth-order valence-electron chi connectivity index (χ4n) is 3.06. The fraction of sp³-hybridized carbons (Fsp3) is 0.333. The van der Waals surface area contributed by atoms with Gasteiger partial charge in [0.15, 0.2) is 0 Å². The summed E-state index contributed by atoms with van der Waals surface area (Å²) in [5.41, 5.74) is -0.954. The number of nitro benzene ring substituents is 1. The second-order valence-corrected chi connectivity index (χ2v) is 5.82. The van der Waals surface area contributed by atoms with E-state index in [1.54, 1.807) is 12.1 Å². The lowest BCUT2D eigenvalue weighted by atomic mass is 9.99. The number of benzene rings is 1. The molecule has 0 aliphatic carbocycles. The zero-order valence-corrected chi connectivity index (χ0v) is 12.4. The summed E-state index contributed by atoms with van der Waals surface area (Å²) < 4.78 is 0. The minimum Gasteiger partial charge on any atom is -0.480 e. The van der Waals surface area contributed by atoms with Crippen LogP contribution in [0.3, 0.4) is 0 Å². The Morgan fingerprint density at radius 2 is 2.17 bits per heavy atom. The summed E-state index contributed by atoms with van der Waals surface area (Å²) in [6, 6.07) is 6.07. The number of aliphatic carboxylic acids is 1. The highest BCUT2D eigenvalue weighted by atomic mass is 16.6. The zero-order chi connectivity index (χ0) is 16.8. The van der Waals surface area contributed by atoms with Gasteiger partial charge in [0, 0.05) is 18.0 Å². The first kappa shape index (κ1) is 15.0. The number of carboxylic acids is 1. The molecule has 1 unspecified atom stereocenters. The summed E-state index contributed by atoms with van der Waals surface area (Å²) in [6.45, 7) is 1.87. The number of H-pyrrole nitrogens is 1. The van der Waals surface area contributed by atoms with Gasteiger partial charge in [-0.15, -0.1) is 0 Å². The Labute approximate surface area is 130 Å². The number of hydrogen-bond acceptors (Lipinski definition) is 4. The first-order valence-electron chi connectivity index (χ1n) is 7.16. The number of rotatable bonds is 3. The zero-order valence-electron chi connectivity index (χ0n) is 12.4. The number of nitro groups is 1. The number of nitrogens with one attached hydrogen (secondary N) is 1. The topological polar surface area (TPSA) is 117 Å². The van der Waals surface area contributed by atoms with Crippen molar-refractivity contribution in [1.29, 1.82) is 0 Å². The molecule has 1 fully saturated rings. The summed E-state index contributed by atoms with van der Waals surface area (Å²) in [5, 5.41) is 21.0. The van der Waals surface area contributed by atoms with Gasteiger partial charge in [0.1, 0.15) is 16.7 Å². The second kappa shape index (κ2) is 5.08. The highest BCUT2D eigenvalue weighted by Crippen LogP contribution is 2.32. The van der Waals surface area contributed by atoms with E-state index in [0.29, 0.717) is 24.8 Å². The van der Waals surface area contributed by atoms with Crippen LogP contribution in [-0.2, 0) is 4.79 Å². The van der Waals surface area contributed by atoms with Crippen LogP contribution in [0.25, 0.3) is 10.9 Å². The Bertz CT molecular complexity index is 828. The first-order valence-corrected chi connectivity index (χ1v) is 7.16. The van der Waals surface area contributed by atoms with Gasteiger partial charge < -0.3 is 15.0 Å². The van der Waals surface area contributed by atoms with Gasteiger partial charge in [-0.25, -0.2) is 4.79 Å². The molecule has 2 heterocycles. The summed E-state index contributed by atoms with van der Waals surface area (Å²) in [7, 11) is 0. The summed E-state index contributed by atoms with van der Waals surface area (Å²) >= 11 is 0. The smallest absolute Gasteiger partial charge is 0.329 e. The molecule has 23 heavy (non-hydrogen) atoms. The second-order valence-electron chi connectivity index (χ2n) is 5.82. The van der Waals surface area contributed by atoms with E-state index in [4.69, 9.17) is 0 Å². The molecule has 0 saturated carbocycles. The molecule has 2 N–H and O–H groups in total. The van der Waals surface area contributed by atoms with Crippen molar-refractivity contribution in [3.63, 3.8) is 0 Å². The molecule has 3 rings (SSSR count). The molecule has 120 valence electrons. The quantitative estimate of drug-likeness (QED) is 0.664. The monoisotopic (exact) mass is 317 g/mol. The normalized spacial score (nSPS) is 20.8. The summed E-state index contributed by atoms with van der Waals surface area (Å²) in [5.74, 6) is -1.51. The Balaban J connectivity index is 2.04. The van der Waals surface area contributed by atoms with E-state index in [9.17, 15) is 24.8 Å². The van der Waals surface area contributed by atoms with Gasteiger partial charge in [-0.2, -0.15) is 0 Å². The highest BCUT2D eigenvalue weighted by Gasteiger charge is 2.46. The van der Waals surface area contributed by atoms with Gasteiger partial charge in [0.05, 0.1) is 4.92 Å². The molecule has 0 radical (unpaired) electrons. The number of para-hydroxylation sites is 1. The van der Waals surface area contributed by atoms with Crippen LogP contribution in [0.1, 0.15) is 30.3 Å². The maximum Gasteiger partial charge on any atom is 0.329 e. The standard InChI is InChI=1S/C15H15N3O5/c1-15(14(20)21)6-3-7-17(15)13(19)10-8-9-4-2-5-11(18(22)23)12(9)16-10/h2,4-5,8,16H,3,6-7H2,1H3,(H,20,21). The molecule has 8 nitrogen and oxygen atoms in total. The molecule has 0 spiro atoms. The van der Waals surface area contributed by atoms with Crippen molar-refractivity contribution in [2.45, 2.75) is 25.3 Å². The third-order valence-corrected chi connectivity index (χ3v) is 4.41. The Morgan fingerprint density at radius 1 is 1.43 bits per heavy atom. The fourth-order valence-corrected chi connectivity index (χ4v) is 3.06. The van der Waals surface area contributed by atoms with E-state index in [2.05, 4.69) is 4.98 Å². The van der Waals surface area contributed by atoms with Crippen LogP contribution in [0.2, 0.25) is 0 Å². The van der Waals surface area contributed by atoms with E-state index in [1.807, 2.05) is 0 Å². The van der Waals surface area contributed by atoms with Crippen LogP contribution in [0.5, 0.6) is 0 Å². The lowest BCUT2D eigenvalue weighted by molar-refractivity contribution is -0.383. The Morgan fingerprint density at radius 3 is 2.83 bits per heavy atom. The van der Waals surface area contributed by atoms with Gasteiger partial charge in [0.25, 0.3) is 11.6 Å². The predicted octanol–water partition coefficient (Wildman–Crippen LogP) is 2.16. The van der Waals surface area contributed by atoms with Gasteiger partial charge in [-0.1, -0.05) is 12.1 Å². The van der Waals surface area contributed by atoms with Gasteiger partial charge >= 0.3 is 5.97 Å². The number of amides is 1. The van der Waals surface area contributed by atoms with Crippen LogP contribution in [0.15, 0.2) is 24.3 Å². The van der Waals surface area contributed by atoms with Crippen LogP contribution in [-0.4, -0.2) is 43.9 Å². The molecule has 1 aliphatic heterocycles. The molecular formula is C15H15N3O5.